The molecule has 0 aliphatic carbocycles. The second-order valence-corrected chi connectivity index (χ2v) is 11.6. The van der Waals surface area contributed by atoms with E-state index in [2.05, 4.69) is 26.2 Å². The number of thioether (sulfide) groups is 1. The number of benzene rings is 2. The number of β-lactam (4-membered cyclic amide) rings is 1. The Morgan fingerprint density at radius 3 is 2.52 bits per heavy atom. The van der Waals surface area contributed by atoms with Crippen LogP contribution < -0.4 is 16.1 Å². The van der Waals surface area contributed by atoms with Crippen molar-refractivity contribution >= 4 is 63.5 Å². The van der Waals surface area contributed by atoms with Crippen LogP contribution in [-0.4, -0.2) is 86.2 Å². The van der Waals surface area contributed by atoms with Gasteiger partial charge in [0.25, 0.3) is 11.8 Å². The van der Waals surface area contributed by atoms with Gasteiger partial charge in [-0.2, -0.15) is 0 Å². The fourth-order valence-corrected chi connectivity index (χ4v) is 6.84. The number of hydrogen-bond acceptors (Lipinski definition) is 13. The molecule has 1 unspecified atom stereocenters. The molecule has 2 aliphatic heterocycles. The number of amides is 3. The number of carbonyl (C=O) groups excluding carboxylic acids is 3. The quantitative estimate of drug-likeness (QED) is 0.0742. The largest absolute Gasteiger partial charge is 0.504 e. The van der Waals surface area contributed by atoms with E-state index in [0.717, 1.165) is 23.3 Å². The Hall–Kier alpha value is -5.62. The van der Waals surface area contributed by atoms with Crippen LogP contribution in [0.3, 0.4) is 0 Å². The number of carbonyl (C=O) groups is 4. The molecular formula is C28H21N7O9S2. The van der Waals surface area contributed by atoms with Crippen molar-refractivity contribution in [3.05, 3.63) is 87.2 Å². The van der Waals surface area contributed by atoms with Crippen molar-refractivity contribution in [2.24, 2.45) is 7.05 Å². The lowest BCUT2D eigenvalue weighted by Crippen LogP contribution is -2.71. The lowest BCUT2D eigenvalue weighted by molar-refractivity contribution is -0.150. The Kier molecular flexibility index (Phi) is 7.74. The Labute approximate surface area is 266 Å². The zero-order chi connectivity index (χ0) is 32.9. The standard InChI is InChI=1S/C28H21N7O9S2/c1-34-23(31-32-33-34)22(45)14-10-46-27-19(26(41)35(27)20(14)28(42)43)30-25(40)18(11-5-3-2-4-6-11)29-24(39)13-9-44-17-8-16(37)15(36)7-12(17)21(13)38/h2-9,18-19,27,36-37H,10H2,1H3,(H,29,39)(H,30,40)(H,42,43)/t18?,19-,27+/m1/s1. The van der Waals surface area contributed by atoms with Crippen molar-refractivity contribution in [3.63, 3.8) is 0 Å². The minimum absolute atomic E-state index is 0.0631. The average Bonchev–Trinajstić information content (AvgIpc) is 3.48. The first-order valence-corrected chi connectivity index (χ1v) is 14.8. The van der Waals surface area contributed by atoms with Gasteiger partial charge in [-0.3, -0.25) is 24.1 Å². The number of hydrogen-bond donors (Lipinski definition) is 5. The van der Waals surface area contributed by atoms with Gasteiger partial charge in [0.1, 0.15) is 40.6 Å². The number of aliphatic carboxylic acids is 1. The highest BCUT2D eigenvalue weighted by molar-refractivity contribution is 8.00. The molecule has 1 fully saturated rings. The number of aryl methyl sites for hydroxylation is 1. The highest BCUT2D eigenvalue weighted by atomic mass is 32.2. The fourth-order valence-electron chi connectivity index (χ4n) is 5.05. The third-order valence-electron chi connectivity index (χ3n) is 7.35. The number of fused-ring (bicyclic) bond motifs is 2. The van der Waals surface area contributed by atoms with Gasteiger partial charge < -0.3 is 30.4 Å². The summed E-state index contributed by atoms with van der Waals surface area (Å²) >= 11 is 6.62. The molecule has 0 saturated carbocycles. The average molecular weight is 664 g/mol. The minimum atomic E-state index is -1.40. The number of carboxylic acids is 1. The van der Waals surface area contributed by atoms with Crippen molar-refractivity contribution in [3.8, 4) is 11.5 Å². The van der Waals surface area contributed by atoms with Gasteiger partial charge >= 0.3 is 5.97 Å². The molecule has 46 heavy (non-hydrogen) atoms. The van der Waals surface area contributed by atoms with Crippen LogP contribution in [0.25, 0.3) is 11.0 Å². The summed E-state index contributed by atoms with van der Waals surface area (Å²) in [5, 5.41) is 44.7. The Bertz CT molecular complexity index is 2060. The van der Waals surface area contributed by atoms with E-state index in [-0.39, 0.29) is 38.7 Å². The number of aromatic nitrogens is 4. The van der Waals surface area contributed by atoms with Gasteiger partial charge in [0.15, 0.2) is 17.3 Å². The third-order valence-corrected chi connectivity index (χ3v) is 9.06. The Balaban J connectivity index is 1.25. The SMILES string of the molecule is Cn1nnnc1C(=S)C1=C(C(=O)O)N2C(=O)[C@@H](NC(=O)C(NC(=O)c3coc4cc(O)c(O)cc4c3=O)c3ccccc3)[C@@H]2SC1. The molecule has 0 radical (unpaired) electrons. The highest BCUT2D eigenvalue weighted by Crippen LogP contribution is 2.41. The van der Waals surface area contributed by atoms with Gasteiger partial charge in [0.05, 0.1) is 10.3 Å². The monoisotopic (exact) mass is 663 g/mol. The normalized spacial score (nSPS) is 18.0. The molecule has 6 rings (SSSR count). The van der Waals surface area contributed by atoms with E-state index in [9.17, 15) is 39.3 Å². The predicted octanol–water partition coefficient (Wildman–Crippen LogP) is 0.356. The maximum atomic E-state index is 13.7. The summed E-state index contributed by atoms with van der Waals surface area (Å²) in [6, 6.07) is 7.46. The first-order chi connectivity index (χ1) is 22.0. The summed E-state index contributed by atoms with van der Waals surface area (Å²) < 4.78 is 6.60. The molecule has 2 aromatic carbocycles. The van der Waals surface area contributed by atoms with Crippen LogP contribution in [-0.2, 0) is 21.4 Å². The second kappa shape index (κ2) is 11.7. The van der Waals surface area contributed by atoms with E-state index < -0.39 is 63.6 Å². The fraction of sp³-hybridized carbons (Fsp3) is 0.179. The van der Waals surface area contributed by atoms with Crippen LogP contribution in [0.5, 0.6) is 11.5 Å². The Morgan fingerprint density at radius 1 is 1.13 bits per heavy atom. The van der Waals surface area contributed by atoms with Gasteiger partial charge in [-0.05, 0) is 22.1 Å². The topological polar surface area (TPSA) is 230 Å². The van der Waals surface area contributed by atoms with Gasteiger partial charge in [0.2, 0.25) is 11.3 Å². The summed E-state index contributed by atoms with van der Waals surface area (Å²) in [5.41, 5.74) is -1.26. The number of carboxylic acid groups (broad SMARTS) is 1. The van der Waals surface area contributed by atoms with Crippen LogP contribution in [0.15, 0.2) is 69.2 Å². The van der Waals surface area contributed by atoms with Crippen LogP contribution in [0.2, 0.25) is 0 Å². The number of rotatable bonds is 8. The van der Waals surface area contributed by atoms with Crippen LogP contribution in [0, 0.1) is 0 Å². The number of nitrogens with one attached hydrogen (secondary N) is 2. The molecule has 4 heterocycles. The van der Waals surface area contributed by atoms with E-state index in [1.54, 1.807) is 30.3 Å². The van der Waals surface area contributed by atoms with E-state index >= 15 is 0 Å². The number of phenols is 2. The summed E-state index contributed by atoms with van der Waals surface area (Å²) in [6.07, 6.45) is 0.862. The predicted molar refractivity (Wildman–Crippen MR) is 163 cm³/mol. The molecule has 3 amide bonds. The number of aromatic hydroxyl groups is 2. The van der Waals surface area contributed by atoms with E-state index in [1.165, 1.54) is 23.5 Å². The van der Waals surface area contributed by atoms with Crippen LogP contribution >= 0.6 is 24.0 Å². The first-order valence-electron chi connectivity index (χ1n) is 13.3. The number of nitrogens with zero attached hydrogens (tertiary/aromatic N) is 5. The molecule has 2 aliphatic rings. The van der Waals surface area contributed by atoms with Gasteiger partial charge in [-0.1, -0.05) is 42.5 Å². The van der Waals surface area contributed by atoms with Crippen LogP contribution in [0.1, 0.15) is 27.8 Å². The minimum Gasteiger partial charge on any atom is -0.504 e. The highest BCUT2D eigenvalue weighted by Gasteiger charge is 2.55. The molecule has 5 N–H and O–H groups in total. The van der Waals surface area contributed by atoms with Crippen molar-refractivity contribution < 1.29 is 38.9 Å². The second-order valence-electron chi connectivity index (χ2n) is 10.1. The van der Waals surface area contributed by atoms with Crippen molar-refractivity contribution in [1.29, 1.82) is 0 Å². The summed E-state index contributed by atoms with van der Waals surface area (Å²) in [7, 11) is 1.53. The molecular weight excluding hydrogens is 642 g/mol. The molecule has 0 bridgehead atoms. The van der Waals surface area contributed by atoms with E-state index in [4.69, 9.17) is 16.6 Å². The number of phenolic OH excluding ortho intramolecular Hbond substituents is 2. The first kappa shape index (κ1) is 30.4. The zero-order valence-corrected chi connectivity index (χ0v) is 25.0. The van der Waals surface area contributed by atoms with Gasteiger partial charge in [-0.25, -0.2) is 9.48 Å². The molecule has 0 spiro atoms. The molecule has 234 valence electrons. The molecule has 4 aromatic rings. The third kappa shape index (κ3) is 5.12. The number of thiocarbonyl (C=S) groups is 1. The number of tetrazole rings is 1. The lowest BCUT2D eigenvalue weighted by atomic mass is 9.99. The van der Waals surface area contributed by atoms with Crippen molar-refractivity contribution in [1.82, 2.24) is 35.7 Å². The van der Waals surface area contributed by atoms with Gasteiger partial charge in [0, 0.05) is 24.4 Å². The maximum absolute atomic E-state index is 13.7. The molecule has 2 aromatic heterocycles. The Morgan fingerprint density at radius 2 is 1.85 bits per heavy atom. The smallest absolute Gasteiger partial charge is 0.353 e. The van der Waals surface area contributed by atoms with Gasteiger partial charge in [-0.15, -0.1) is 16.9 Å². The van der Waals surface area contributed by atoms with Crippen LogP contribution in [0.4, 0.5) is 0 Å². The molecule has 3 atom stereocenters. The molecule has 16 nitrogen and oxygen atoms in total. The molecule has 1 saturated heterocycles. The van der Waals surface area contributed by atoms with Crippen molar-refractivity contribution in [2.75, 3.05) is 5.75 Å². The van der Waals surface area contributed by atoms with E-state index in [1.807, 2.05) is 0 Å². The van der Waals surface area contributed by atoms with Crippen molar-refractivity contribution in [2.45, 2.75) is 17.5 Å². The van der Waals surface area contributed by atoms with E-state index in [0.29, 0.717) is 5.56 Å². The summed E-state index contributed by atoms with van der Waals surface area (Å²) in [4.78, 5) is 66.8. The lowest BCUT2D eigenvalue weighted by Gasteiger charge is -2.49. The zero-order valence-electron chi connectivity index (χ0n) is 23.4. The molecule has 18 heteroatoms. The summed E-state index contributed by atoms with van der Waals surface area (Å²) in [6.45, 7) is 0. The maximum Gasteiger partial charge on any atom is 0.353 e. The summed E-state index contributed by atoms with van der Waals surface area (Å²) in [5.74, 6) is -4.80.